The molecule has 19 heavy (non-hydrogen) atoms. The highest BCUT2D eigenvalue weighted by atomic mass is 16.4. The Balaban J connectivity index is 2.04. The van der Waals surface area contributed by atoms with E-state index in [2.05, 4.69) is 16.0 Å². The smallest absolute Gasteiger partial charge is 0.354 e. The zero-order valence-corrected chi connectivity index (χ0v) is 10.3. The molecule has 0 amide bonds. The molecule has 1 N–H and O–H groups in total. The van der Waals surface area contributed by atoms with Crippen LogP contribution >= 0.6 is 0 Å². The molecule has 2 heterocycles. The molecule has 0 spiro atoms. The fourth-order valence-corrected chi connectivity index (χ4v) is 2.38. The summed E-state index contributed by atoms with van der Waals surface area (Å²) in [5, 5.41) is 8.99. The molecule has 1 aliphatic heterocycles. The molecule has 96 valence electrons. The number of benzene rings is 1. The molecule has 0 bridgehead atoms. The van der Waals surface area contributed by atoms with Crippen LogP contribution in [-0.2, 0) is 6.42 Å². The van der Waals surface area contributed by atoms with E-state index in [-0.39, 0.29) is 5.69 Å². The second-order valence-corrected chi connectivity index (χ2v) is 4.45. The van der Waals surface area contributed by atoms with Gasteiger partial charge in [0.25, 0.3) is 0 Å². The Kier molecular flexibility index (Phi) is 2.87. The fraction of sp³-hybridized carbons (Fsp3) is 0.214. The summed E-state index contributed by atoms with van der Waals surface area (Å²) in [5.41, 5.74) is 2.39. The molecule has 0 fully saturated rings. The number of rotatable bonds is 2. The molecule has 0 saturated carbocycles. The molecule has 0 saturated heterocycles. The van der Waals surface area contributed by atoms with Crippen molar-refractivity contribution in [2.24, 2.45) is 0 Å². The van der Waals surface area contributed by atoms with Crippen molar-refractivity contribution in [1.29, 1.82) is 0 Å². The van der Waals surface area contributed by atoms with Crippen LogP contribution in [0.3, 0.4) is 0 Å². The largest absolute Gasteiger partial charge is 0.477 e. The topological polar surface area (TPSA) is 66.3 Å². The van der Waals surface area contributed by atoms with Gasteiger partial charge in [-0.15, -0.1) is 0 Å². The number of hydrogen-bond acceptors (Lipinski definition) is 4. The minimum absolute atomic E-state index is 0.0213. The highest BCUT2D eigenvalue weighted by molar-refractivity contribution is 5.86. The number of para-hydroxylation sites is 1. The van der Waals surface area contributed by atoms with Crippen LogP contribution in [0.2, 0.25) is 0 Å². The van der Waals surface area contributed by atoms with Gasteiger partial charge in [0.1, 0.15) is 12.1 Å². The van der Waals surface area contributed by atoms with E-state index in [1.165, 1.54) is 18.0 Å². The van der Waals surface area contributed by atoms with Crippen molar-refractivity contribution in [2.75, 3.05) is 11.4 Å². The lowest BCUT2D eigenvalue weighted by atomic mass is 10.0. The molecule has 0 aliphatic carbocycles. The summed E-state index contributed by atoms with van der Waals surface area (Å²) in [7, 11) is 0. The van der Waals surface area contributed by atoms with Crippen molar-refractivity contribution >= 4 is 17.5 Å². The van der Waals surface area contributed by atoms with Gasteiger partial charge in [-0.1, -0.05) is 18.2 Å². The third-order valence-corrected chi connectivity index (χ3v) is 3.26. The number of hydrogen-bond donors (Lipinski definition) is 1. The lowest BCUT2D eigenvalue weighted by Crippen LogP contribution is -2.25. The molecule has 1 aromatic carbocycles. The number of nitrogens with zero attached hydrogens (tertiary/aromatic N) is 3. The zero-order valence-electron chi connectivity index (χ0n) is 10.3. The van der Waals surface area contributed by atoms with Gasteiger partial charge in [0.2, 0.25) is 0 Å². The summed E-state index contributed by atoms with van der Waals surface area (Å²) in [5.74, 6) is -0.395. The van der Waals surface area contributed by atoms with Gasteiger partial charge >= 0.3 is 5.97 Å². The van der Waals surface area contributed by atoms with Gasteiger partial charge in [-0.05, 0) is 24.5 Å². The Morgan fingerprint density at radius 3 is 2.95 bits per heavy atom. The van der Waals surface area contributed by atoms with Gasteiger partial charge in [-0.2, -0.15) is 0 Å². The van der Waals surface area contributed by atoms with Crippen LogP contribution in [0.15, 0.2) is 36.7 Å². The summed E-state index contributed by atoms with van der Waals surface area (Å²) in [6.07, 6.45) is 3.38. The van der Waals surface area contributed by atoms with Crippen LogP contribution in [-0.4, -0.2) is 27.6 Å². The number of aromatic carboxylic acids is 1. The molecule has 5 nitrogen and oxygen atoms in total. The molecule has 5 heteroatoms. The number of aromatic nitrogens is 2. The molecular weight excluding hydrogens is 242 g/mol. The van der Waals surface area contributed by atoms with E-state index in [4.69, 9.17) is 5.11 Å². The molecule has 0 radical (unpaired) electrons. The van der Waals surface area contributed by atoms with Crippen LogP contribution < -0.4 is 4.90 Å². The predicted octanol–water partition coefficient (Wildman–Crippen LogP) is 2.26. The van der Waals surface area contributed by atoms with Crippen LogP contribution in [0.5, 0.6) is 0 Å². The highest BCUT2D eigenvalue weighted by Crippen LogP contribution is 2.31. The molecule has 1 aromatic heterocycles. The van der Waals surface area contributed by atoms with Crippen LogP contribution in [0.4, 0.5) is 11.5 Å². The second kappa shape index (κ2) is 4.68. The SMILES string of the molecule is O=C(O)c1cc(N2CCCc3ccccc32)ncn1. The van der Waals surface area contributed by atoms with Crippen molar-refractivity contribution in [1.82, 2.24) is 9.97 Å². The van der Waals surface area contributed by atoms with E-state index >= 15 is 0 Å². The number of fused-ring (bicyclic) bond motifs is 1. The van der Waals surface area contributed by atoms with Gasteiger partial charge < -0.3 is 10.0 Å². The van der Waals surface area contributed by atoms with E-state index in [1.807, 2.05) is 23.1 Å². The highest BCUT2D eigenvalue weighted by Gasteiger charge is 2.19. The number of carboxylic acids is 1. The lowest BCUT2D eigenvalue weighted by molar-refractivity contribution is 0.0690. The van der Waals surface area contributed by atoms with E-state index in [9.17, 15) is 4.79 Å². The number of carbonyl (C=O) groups is 1. The minimum Gasteiger partial charge on any atom is -0.477 e. The van der Waals surface area contributed by atoms with Crippen molar-refractivity contribution in [2.45, 2.75) is 12.8 Å². The molecule has 2 aromatic rings. The van der Waals surface area contributed by atoms with Crippen molar-refractivity contribution in [3.8, 4) is 0 Å². The van der Waals surface area contributed by atoms with Gasteiger partial charge in [0.15, 0.2) is 5.69 Å². The molecule has 1 aliphatic rings. The van der Waals surface area contributed by atoms with Gasteiger partial charge in [-0.3, -0.25) is 0 Å². The van der Waals surface area contributed by atoms with Crippen molar-refractivity contribution in [3.05, 3.63) is 47.9 Å². The van der Waals surface area contributed by atoms with Crippen LogP contribution in [0.1, 0.15) is 22.5 Å². The van der Waals surface area contributed by atoms with Gasteiger partial charge in [-0.25, -0.2) is 14.8 Å². The molecule has 3 rings (SSSR count). The van der Waals surface area contributed by atoms with Crippen LogP contribution in [0, 0.1) is 0 Å². The number of aryl methyl sites for hydroxylation is 1. The molecule has 0 unspecified atom stereocenters. The fourth-order valence-electron chi connectivity index (χ4n) is 2.38. The Morgan fingerprint density at radius 1 is 1.26 bits per heavy atom. The molecule has 0 atom stereocenters. The zero-order chi connectivity index (χ0) is 13.2. The quantitative estimate of drug-likeness (QED) is 0.891. The maximum Gasteiger partial charge on any atom is 0.354 e. The lowest BCUT2D eigenvalue weighted by Gasteiger charge is -2.30. The number of anilines is 2. The summed E-state index contributed by atoms with van der Waals surface area (Å²) < 4.78 is 0. The van der Waals surface area contributed by atoms with E-state index < -0.39 is 5.97 Å². The first-order valence-electron chi connectivity index (χ1n) is 6.16. The van der Waals surface area contributed by atoms with E-state index in [1.54, 1.807) is 0 Å². The minimum atomic E-state index is -1.03. The molecular formula is C14H13N3O2. The third-order valence-electron chi connectivity index (χ3n) is 3.26. The average molecular weight is 255 g/mol. The van der Waals surface area contributed by atoms with Crippen molar-refractivity contribution in [3.63, 3.8) is 0 Å². The maximum absolute atomic E-state index is 11.0. The Hall–Kier alpha value is -2.43. The normalized spacial score (nSPS) is 14.0. The summed E-state index contributed by atoms with van der Waals surface area (Å²) in [4.78, 5) is 21.0. The number of carboxylic acid groups (broad SMARTS) is 1. The Bertz CT molecular complexity index is 628. The third kappa shape index (κ3) is 2.14. The Morgan fingerprint density at radius 2 is 2.11 bits per heavy atom. The van der Waals surface area contributed by atoms with E-state index in [0.29, 0.717) is 5.82 Å². The van der Waals surface area contributed by atoms with E-state index in [0.717, 1.165) is 25.1 Å². The first-order valence-corrected chi connectivity index (χ1v) is 6.16. The first-order chi connectivity index (χ1) is 9.25. The summed E-state index contributed by atoms with van der Waals surface area (Å²) >= 11 is 0. The second-order valence-electron chi connectivity index (χ2n) is 4.45. The standard InChI is InChI=1S/C14H13N3O2/c18-14(19)11-8-13(16-9-15-11)17-7-3-5-10-4-1-2-6-12(10)17/h1-2,4,6,8-9H,3,5,7H2,(H,18,19). The first kappa shape index (κ1) is 11.6. The van der Waals surface area contributed by atoms with Gasteiger partial charge in [0.05, 0.1) is 0 Å². The average Bonchev–Trinajstić information content (AvgIpc) is 2.47. The predicted molar refractivity (Wildman–Crippen MR) is 70.8 cm³/mol. The monoisotopic (exact) mass is 255 g/mol. The summed E-state index contributed by atoms with van der Waals surface area (Å²) in [6.45, 7) is 0.840. The summed E-state index contributed by atoms with van der Waals surface area (Å²) in [6, 6.07) is 9.66. The van der Waals surface area contributed by atoms with Crippen LogP contribution in [0.25, 0.3) is 0 Å². The van der Waals surface area contributed by atoms with Gasteiger partial charge in [0, 0.05) is 18.3 Å². The maximum atomic E-state index is 11.0. The van der Waals surface area contributed by atoms with Crippen molar-refractivity contribution < 1.29 is 9.90 Å². The Labute approximate surface area is 110 Å².